The van der Waals surface area contributed by atoms with Crippen molar-refractivity contribution in [3.05, 3.63) is 63.6 Å². The van der Waals surface area contributed by atoms with Gasteiger partial charge in [-0.2, -0.15) is 0 Å². The molecule has 0 radical (unpaired) electrons. The van der Waals surface area contributed by atoms with Crippen molar-refractivity contribution >= 4 is 18.0 Å². The van der Waals surface area contributed by atoms with E-state index in [1.165, 1.54) is 28.2 Å². The van der Waals surface area contributed by atoms with Gasteiger partial charge < -0.3 is 23.7 Å². The largest absolute Gasteiger partial charge is 0.492 e. The number of cyclic esters (lactones) is 1. The molecular weight excluding hydrogens is 454 g/mol. The molecule has 0 atom stereocenters. The van der Waals surface area contributed by atoms with E-state index in [-0.39, 0.29) is 55.4 Å². The molecule has 0 saturated carbocycles. The van der Waals surface area contributed by atoms with Crippen LogP contribution < -0.4 is 10.3 Å². The normalized spacial score (nSPS) is 15.3. The number of amides is 2. The van der Waals surface area contributed by atoms with Crippen molar-refractivity contribution in [3.8, 4) is 5.75 Å². The number of esters is 1. The number of benzene rings is 1. The van der Waals surface area contributed by atoms with Crippen LogP contribution in [-0.4, -0.2) is 78.8 Å². The SMILES string of the molecule is COC(=O)c1c(OCCCc2ccccc2)cc(=O)n2c1CCN(C(=O)CN1CCOC1=O)CC2. The standard InChI is InChI=1S/C25H29N3O7/c1-33-24(31)23-19-9-10-26(22(30)17-27-13-15-35-25(27)32)11-12-28(19)21(29)16-20(23)34-14-5-8-18-6-3-2-4-7-18/h2-4,6-7,16H,5,8-15,17H2,1H3. The second-order valence-corrected chi connectivity index (χ2v) is 8.42. The van der Waals surface area contributed by atoms with Crippen molar-refractivity contribution in [1.29, 1.82) is 0 Å². The summed E-state index contributed by atoms with van der Waals surface area (Å²) in [6.45, 7) is 1.69. The number of hydrogen-bond acceptors (Lipinski definition) is 7. The first-order valence-corrected chi connectivity index (χ1v) is 11.7. The van der Waals surface area contributed by atoms with E-state index in [4.69, 9.17) is 14.2 Å². The van der Waals surface area contributed by atoms with Crippen molar-refractivity contribution < 1.29 is 28.6 Å². The highest BCUT2D eigenvalue weighted by molar-refractivity contribution is 5.93. The van der Waals surface area contributed by atoms with Gasteiger partial charge in [-0.3, -0.25) is 14.5 Å². The molecule has 1 aromatic heterocycles. The lowest BCUT2D eigenvalue weighted by Gasteiger charge is -2.22. The summed E-state index contributed by atoms with van der Waals surface area (Å²) >= 11 is 0. The molecule has 3 heterocycles. The van der Waals surface area contributed by atoms with Crippen LogP contribution in [0, 0.1) is 0 Å². The molecule has 10 heteroatoms. The van der Waals surface area contributed by atoms with Crippen LogP contribution in [0.25, 0.3) is 0 Å². The summed E-state index contributed by atoms with van der Waals surface area (Å²) in [5, 5.41) is 0. The van der Waals surface area contributed by atoms with E-state index >= 15 is 0 Å². The second kappa shape index (κ2) is 11.1. The first-order valence-electron chi connectivity index (χ1n) is 11.7. The highest BCUT2D eigenvalue weighted by atomic mass is 16.6. The van der Waals surface area contributed by atoms with Crippen molar-refractivity contribution in [2.24, 2.45) is 0 Å². The van der Waals surface area contributed by atoms with Crippen molar-refractivity contribution in [2.45, 2.75) is 25.8 Å². The first-order chi connectivity index (χ1) is 17.0. The van der Waals surface area contributed by atoms with E-state index in [9.17, 15) is 19.2 Å². The third-order valence-electron chi connectivity index (χ3n) is 6.22. The Morgan fingerprint density at radius 3 is 2.57 bits per heavy atom. The monoisotopic (exact) mass is 483 g/mol. The van der Waals surface area contributed by atoms with E-state index in [0.717, 1.165) is 6.42 Å². The van der Waals surface area contributed by atoms with Crippen LogP contribution in [0.1, 0.15) is 28.0 Å². The molecule has 2 amide bonds. The maximum absolute atomic E-state index is 12.9. The molecule has 0 bridgehead atoms. The summed E-state index contributed by atoms with van der Waals surface area (Å²) in [6.07, 6.45) is 1.29. The lowest BCUT2D eigenvalue weighted by Crippen LogP contribution is -2.42. The second-order valence-electron chi connectivity index (χ2n) is 8.42. The Morgan fingerprint density at radius 1 is 1.06 bits per heavy atom. The van der Waals surface area contributed by atoms with E-state index in [0.29, 0.717) is 31.8 Å². The van der Waals surface area contributed by atoms with Crippen LogP contribution >= 0.6 is 0 Å². The molecule has 2 aromatic rings. The minimum atomic E-state index is -0.591. The van der Waals surface area contributed by atoms with Gasteiger partial charge in [0.05, 0.1) is 20.3 Å². The molecule has 4 rings (SSSR count). The van der Waals surface area contributed by atoms with Crippen LogP contribution in [-0.2, 0) is 33.7 Å². The van der Waals surface area contributed by atoms with Crippen LogP contribution in [0.15, 0.2) is 41.2 Å². The first kappa shape index (κ1) is 24.3. The number of nitrogens with zero attached hydrogens (tertiary/aromatic N) is 3. The van der Waals surface area contributed by atoms with E-state index in [1.54, 1.807) is 4.90 Å². The Balaban J connectivity index is 1.48. The molecule has 1 aromatic carbocycles. The Hall–Kier alpha value is -3.82. The van der Waals surface area contributed by atoms with Crippen LogP contribution in [0.2, 0.25) is 0 Å². The van der Waals surface area contributed by atoms with Gasteiger partial charge in [-0.05, 0) is 18.4 Å². The lowest BCUT2D eigenvalue weighted by molar-refractivity contribution is -0.131. The zero-order chi connectivity index (χ0) is 24.8. The summed E-state index contributed by atoms with van der Waals surface area (Å²) in [5.74, 6) is -0.631. The summed E-state index contributed by atoms with van der Waals surface area (Å²) in [5.41, 5.74) is 1.57. The van der Waals surface area contributed by atoms with E-state index < -0.39 is 12.1 Å². The Morgan fingerprint density at radius 2 is 1.86 bits per heavy atom. The number of hydrogen-bond donors (Lipinski definition) is 0. The van der Waals surface area contributed by atoms with Crippen LogP contribution in [0.5, 0.6) is 5.75 Å². The molecule has 35 heavy (non-hydrogen) atoms. The minimum Gasteiger partial charge on any atom is -0.492 e. The lowest BCUT2D eigenvalue weighted by atomic mass is 10.1. The van der Waals surface area contributed by atoms with Gasteiger partial charge in [0.25, 0.3) is 5.56 Å². The average Bonchev–Trinajstić information content (AvgIpc) is 3.13. The van der Waals surface area contributed by atoms with Crippen molar-refractivity contribution in [3.63, 3.8) is 0 Å². The van der Waals surface area contributed by atoms with Gasteiger partial charge >= 0.3 is 12.1 Å². The Kier molecular flexibility index (Phi) is 7.69. The predicted octanol–water partition coefficient (Wildman–Crippen LogP) is 1.48. The number of rotatable bonds is 8. The summed E-state index contributed by atoms with van der Waals surface area (Å²) in [6, 6.07) is 11.3. The number of methoxy groups -OCH3 is 1. The van der Waals surface area contributed by atoms with Crippen molar-refractivity contribution in [2.75, 3.05) is 46.5 Å². The molecule has 2 aliphatic heterocycles. The summed E-state index contributed by atoms with van der Waals surface area (Å²) < 4.78 is 17.3. The molecule has 1 saturated heterocycles. The maximum atomic E-state index is 12.9. The summed E-state index contributed by atoms with van der Waals surface area (Å²) in [7, 11) is 1.28. The number of carbonyl (C=O) groups is 3. The molecular formula is C25H29N3O7. The van der Waals surface area contributed by atoms with Gasteiger partial charge in [-0.1, -0.05) is 30.3 Å². The quantitative estimate of drug-likeness (QED) is 0.414. The third kappa shape index (κ3) is 5.64. The van der Waals surface area contributed by atoms with Crippen LogP contribution in [0.4, 0.5) is 4.79 Å². The topological polar surface area (TPSA) is 107 Å². The molecule has 1 fully saturated rings. The third-order valence-corrected chi connectivity index (χ3v) is 6.22. The number of ether oxygens (including phenoxy) is 3. The zero-order valence-electron chi connectivity index (χ0n) is 19.7. The number of carbonyl (C=O) groups excluding carboxylic acids is 3. The number of aromatic nitrogens is 1. The van der Waals surface area contributed by atoms with Gasteiger partial charge in [0.2, 0.25) is 5.91 Å². The Bertz CT molecular complexity index is 1150. The fourth-order valence-corrected chi connectivity index (χ4v) is 4.37. The van der Waals surface area contributed by atoms with Gasteiger partial charge in [0.15, 0.2) is 0 Å². The number of fused-ring (bicyclic) bond motifs is 1. The smallest absolute Gasteiger partial charge is 0.410 e. The highest BCUT2D eigenvalue weighted by Crippen LogP contribution is 2.24. The van der Waals surface area contributed by atoms with Gasteiger partial charge in [-0.15, -0.1) is 0 Å². The zero-order valence-corrected chi connectivity index (χ0v) is 19.7. The maximum Gasteiger partial charge on any atom is 0.410 e. The predicted molar refractivity (Wildman–Crippen MR) is 126 cm³/mol. The fourth-order valence-electron chi connectivity index (χ4n) is 4.37. The molecule has 10 nitrogen and oxygen atoms in total. The molecule has 2 aliphatic rings. The molecule has 0 aliphatic carbocycles. The summed E-state index contributed by atoms with van der Waals surface area (Å²) in [4.78, 5) is 53.1. The Labute approximate surface area is 203 Å². The molecule has 186 valence electrons. The average molecular weight is 484 g/mol. The van der Waals surface area contributed by atoms with Crippen molar-refractivity contribution in [1.82, 2.24) is 14.4 Å². The fraction of sp³-hybridized carbons (Fsp3) is 0.440. The van der Waals surface area contributed by atoms with Gasteiger partial charge in [0, 0.05) is 37.8 Å². The number of aryl methyl sites for hydroxylation is 1. The van der Waals surface area contributed by atoms with Crippen LogP contribution in [0.3, 0.4) is 0 Å². The van der Waals surface area contributed by atoms with Gasteiger partial charge in [0.1, 0.15) is 24.5 Å². The van der Waals surface area contributed by atoms with Gasteiger partial charge in [-0.25, -0.2) is 9.59 Å². The van der Waals surface area contributed by atoms with E-state index in [2.05, 4.69) is 0 Å². The molecule has 0 spiro atoms. The molecule has 0 unspecified atom stereocenters. The minimum absolute atomic E-state index is 0.0797. The van der Waals surface area contributed by atoms with E-state index in [1.807, 2.05) is 30.3 Å². The number of pyridine rings is 1. The molecule has 0 N–H and O–H groups in total. The highest BCUT2D eigenvalue weighted by Gasteiger charge is 2.30.